The highest BCUT2D eigenvalue weighted by Crippen LogP contribution is 2.29. The van der Waals surface area contributed by atoms with Gasteiger partial charge < -0.3 is 9.64 Å². The molecule has 1 saturated heterocycles. The lowest BCUT2D eigenvalue weighted by atomic mass is 10.1. The zero-order valence-corrected chi connectivity index (χ0v) is 17.5. The molecule has 3 rings (SSSR count). The van der Waals surface area contributed by atoms with E-state index >= 15 is 0 Å². The van der Waals surface area contributed by atoms with Crippen molar-refractivity contribution in [3.63, 3.8) is 0 Å². The van der Waals surface area contributed by atoms with Crippen LogP contribution in [0, 0.1) is 0 Å². The zero-order valence-electron chi connectivity index (χ0n) is 15.9. The van der Waals surface area contributed by atoms with Crippen molar-refractivity contribution in [3.8, 4) is 0 Å². The first-order valence-corrected chi connectivity index (χ1v) is 12.3. The lowest BCUT2D eigenvalue weighted by Crippen LogP contribution is -2.46. The highest BCUT2D eigenvalue weighted by atomic mass is 32.2. The number of sulfone groups is 1. The van der Waals surface area contributed by atoms with Crippen LogP contribution in [0.2, 0.25) is 0 Å². The summed E-state index contributed by atoms with van der Waals surface area (Å²) in [4.78, 5) is 28.6. The summed E-state index contributed by atoms with van der Waals surface area (Å²) in [7, 11) is -3.08. The standard InChI is InChI=1S/C19H27NO5S2/c1-3-20(15-9-10-27(23,24)12-15)18(21)13(2)25-19(22)17-11-14-7-5-4-6-8-16(14)26-17/h11,13,15H,3-10,12H2,1-2H3/t13-,15+/m1/s1. The van der Waals surface area contributed by atoms with Gasteiger partial charge in [-0.1, -0.05) is 6.42 Å². The Kier molecular flexibility index (Phi) is 6.25. The Labute approximate surface area is 164 Å². The van der Waals surface area contributed by atoms with Crippen LogP contribution in [0.5, 0.6) is 0 Å². The van der Waals surface area contributed by atoms with Gasteiger partial charge in [-0.05, 0) is 57.6 Å². The van der Waals surface area contributed by atoms with Crippen LogP contribution in [-0.2, 0) is 32.2 Å². The molecular formula is C19H27NO5S2. The SMILES string of the molecule is CCN(C(=O)[C@@H](C)OC(=O)c1cc2c(s1)CCCCC2)[C@H]1CCS(=O)(=O)C1. The molecule has 0 spiro atoms. The van der Waals surface area contributed by atoms with Gasteiger partial charge in [-0.2, -0.15) is 0 Å². The summed E-state index contributed by atoms with van der Waals surface area (Å²) in [5, 5.41) is 0. The van der Waals surface area contributed by atoms with E-state index in [0.29, 0.717) is 17.8 Å². The second-order valence-electron chi connectivity index (χ2n) is 7.35. The summed E-state index contributed by atoms with van der Waals surface area (Å²) in [5.74, 6) is -0.698. The predicted molar refractivity (Wildman–Crippen MR) is 105 cm³/mol. The summed E-state index contributed by atoms with van der Waals surface area (Å²) in [6.45, 7) is 3.77. The minimum absolute atomic E-state index is 0.00904. The number of hydrogen-bond donors (Lipinski definition) is 0. The Hall–Kier alpha value is -1.41. The second-order valence-corrected chi connectivity index (χ2v) is 10.7. The van der Waals surface area contributed by atoms with E-state index in [0.717, 1.165) is 25.7 Å². The number of likely N-dealkylation sites (N-methyl/N-ethyl adjacent to an activating group) is 1. The third-order valence-electron chi connectivity index (χ3n) is 5.35. The summed E-state index contributed by atoms with van der Waals surface area (Å²) in [6.07, 6.45) is 5.02. The molecule has 1 aromatic heterocycles. The molecule has 0 radical (unpaired) electrons. The summed E-state index contributed by atoms with van der Waals surface area (Å²) in [6, 6.07) is 1.58. The van der Waals surface area contributed by atoms with E-state index < -0.39 is 21.9 Å². The van der Waals surface area contributed by atoms with E-state index in [-0.39, 0.29) is 23.5 Å². The number of thiophene rings is 1. The van der Waals surface area contributed by atoms with Crippen molar-refractivity contribution in [1.82, 2.24) is 4.90 Å². The molecule has 1 aromatic rings. The number of amides is 1. The third kappa shape index (κ3) is 4.71. The average molecular weight is 414 g/mol. The van der Waals surface area contributed by atoms with Crippen LogP contribution in [0.3, 0.4) is 0 Å². The van der Waals surface area contributed by atoms with Crippen molar-refractivity contribution < 1.29 is 22.7 Å². The van der Waals surface area contributed by atoms with Crippen LogP contribution in [0.25, 0.3) is 0 Å². The molecule has 2 aliphatic rings. The van der Waals surface area contributed by atoms with Crippen LogP contribution in [-0.4, -0.2) is 55.4 Å². The molecule has 27 heavy (non-hydrogen) atoms. The maximum Gasteiger partial charge on any atom is 0.349 e. The molecule has 1 aliphatic carbocycles. The first-order valence-electron chi connectivity index (χ1n) is 9.64. The van der Waals surface area contributed by atoms with E-state index in [2.05, 4.69) is 0 Å². The number of fused-ring (bicyclic) bond motifs is 1. The minimum atomic E-state index is -3.08. The molecule has 2 heterocycles. The van der Waals surface area contributed by atoms with Gasteiger partial charge in [-0.3, -0.25) is 4.79 Å². The highest BCUT2D eigenvalue weighted by molar-refractivity contribution is 7.91. The number of hydrogen-bond acceptors (Lipinski definition) is 6. The van der Waals surface area contributed by atoms with Crippen molar-refractivity contribution in [1.29, 1.82) is 0 Å². The predicted octanol–water partition coefficient (Wildman–Crippen LogP) is 2.60. The van der Waals surface area contributed by atoms with Crippen molar-refractivity contribution in [3.05, 3.63) is 21.4 Å². The van der Waals surface area contributed by atoms with Gasteiger partial charge in [0.05, 0.1) is 11.5 Å². The molecule has 0 aromatic carbocycles. The van der Waals surface area contributed by atoms with E-state index in [9.17, 15) is 18.0 Å². The average Bonchev–Trinajstić information content (AvgIpc) is 3.11. The molecule has 0 N–H and O–H groups in total. The molecular weight excluding hydrogens is 386 g/mol. The zero-order chi connectivity index (χ0) is 19.6. The summed E-state index contributed by atoms with van der Waals surface area (Å²) < 4.78 is 28.9. The fraction of sp³-hybridized carbons (Fsp3) is 0.684. The van der Waals surface area contributed by atoms with Gasteiger partial charge in [0, 0.05) is 17.5 Å². The molecule has 0 saturated carbocycles. The lowest BCUT2D eigenvalue weighted by Gasteiger charge is -2.29. The number of rotatable bonds is 5. The molecule has 8 heteroatoms. The van der Waals surface area contributed by atoms with Crippen LogP contribution >= 0.6 is 11.3 Å². The maximum absolute atomic E-state index is 12.7. The first kappa shape index (κ1) is 20.3. The molecule has 0 unspecified atom stereocenters. The Morgan fingerprint density at radius 3 is 2.70 bits per heavy atom. The third-order valence-corrected chi connectivity index (χ3v) is 8.32. The number of carbonyl (C=O) groups is 2. The molecule has 1 aliphatic heterocycles. The lowest BCUT2D eigenvalue weighted by molar-refractivity contribution is -0.141. The number of ether oxygens (including phenoxy) is 1. The van der Waals surface area contributed by atoms with Gasteiger partial charge in [0.2, 0.25) is 0 Å². The normalized spacial score (nSPS) is 22.5. The van der Waals surface area contributed by atoms with Gasteiger partial charge in [0.25, 0.3) is 5.91 Å². The Morgan fingerprint density at radius 2 is 2.04 bits per heavy atom. The van der Waals surface area contributed by atoms with E-state index in [1.807, 2.05) is 13.0 Å². The Bertz CT molecular complexity index is 791. The Balaban J connectivity index is 1.64. The molecule has 150 valence electrons. The van der Waals surface area contributed by atoms with Crippen molar-refractivity contribution in [2.45, 2.75) is 64.5 Å². The van der Waals surface area contributed by atoms with E-state index in [4.69, 9.17) is 4.74 Å². The van der Waals surface area contributed by atoms with Gasteiger partial charge in [0.15, 0.2) is 15.9 Å². The topological polar surface area (TPSA) is 80.8 Å². The van der Waals surface area contributed by atoms with Crippen LogP contribution in [0.15, 0.2) is 6.07 Å². The first-order chi connectivity index (χ1) is 12.8. The smallest absolute Gasteiger partial charge is 0.349 e. The number of nitrogens with zero attached hydrogens (tertiary/aromatic N) is 1. The van der Waals surface area contributed by atoms with Crippen molar-refractivity contribution in [2.24, 2.45) is 0 Å². The fourth-order valence-corrected chi connectivity index (χ4v) is 6.75. The molecule has 1 amide bonds. The molecule has 1 fully saturated rings. The largest absolute Gasteiger partial charge is 0.448 e. The van der Waals surface area contributed by atoms with Crippen LogP contribution in [0.1, 0.15) is 59.6 Å². The van der Waals surface area contributed by atoms with Crippen molar-refractivity contribution in [2.75, 3.05) is 18.1 Å². The maximum atomic E-state index is 12.7. The van der Waals surface area contributed by atoms with E-state index in [1.54, 1.807) is 6.92 Å². The number of carbonyl (C=O) groups excluding carboxylic acids is 2. The van der Waals surface area contributed by atoms with Gasteiger partial charge >= 0.3 is 5.97 Å². The van der Waals surface area contributed by atoms with Crippen molar-refractivity contribution >= 4 is 33.1 Å². The van der Waals surface area contributed by atoms with Gasteiger partial charge in [-0.15, -0.1) is 11.3 Å². The van der Waals surface area contributed by atoms with Crippen LogP contribution < -0.4 is 0 Å². The number of esters is 1. The fourth-order valence-electron chi connectivity index (χ4n) is 3.89. The van der Waals surface area contributed by atoms with Gasteiger partial charge in [0.1, 0.15) is 4.88 Å². The van der Waals surface area contributed by atoms with Gasteiger partial charge in [-0.25, -0.2) is 13.2 Å². The monoisotopic (exact) mass is 413 g/mol. The summed E-state index contributed by atoms with van der Waals surface area (Å²) in [5.41, 5.74) is 1.23. The minimum Gasteiger partial charge on any atom is -0.448 e. The highest BCUT2D eigenvalue weighted by Gasteiger charge is 2.36. The van der Waals surface area contributed by atoms with E-state index in [1.165, 1.54) is 33.1 Å². The Morgan fingerprint density at radius 1 is 1.30 bits per heavy atom. The van der Waals surface area contributed by atoms with Crippen LogP contribution in [0.4, 0.5) is 0 Å². The number of aryl methyl sites for hydroxylation is 2. The second kappa shape index (κ2) is 8.31. The molecule has 6 nitrogen and oxygen atoms in total. The molecule has 0 bridgehead atoms. The molecule has 2 atom stereocenters. The summed E-state index contributed by atoms with van der Waals surface area (Å²) >= 11 is 1.47. The quantitative estimate of drug-likeness (QED) is 0.547.